The molecular formula is C64H138BrClO10S2. The van der Waals surface area contributed by atoms with Gasteiger partial charge in [0, 0.05) is 55.7 Å². The van der Waals surface area contributed by atoms with E-state index in [9.17, 15) is 16.8 Å². The second-order valence-corrected chi connectivity index (χ2v) is 29.1. The molecule has 0 rings (SSSR count). The quantitative estimate of drug-likeness (QED) is 0.0199. The Morgan fingerprint density at radius 3 is 0.718 bits per heavy atom. The SMILES string of the molecule is CC(C)CCBr.CC(C)CCCCCCCCCCCCCCO.CC(C)CCCCCCCCCCCCCCOCCCO.CC(C)CCCCCCCCCCCCCCOS(C)(=O)=O.CS(=O)(=O)Cl.OCCCO. The van der Waals surface area contributed by atoms with Gasteiger partial charge in [-0.15, -0.1) is 0 Å². The predicted molar refractivity (Wildman–Crippen MR) is 348 cm³/mol. The fourth-order valence-corrected chi connectivity index (χ4v) is 9.48. The van der Waals surface area contributed by atoms with E-state index in [2.05, 4.69) is 82.0 Å². The summed E-state index contributed by atoms with van der Waals surface area (Å²) in [6, 6.07) is 0. The summed E-state index contributed by atoms with van der Waals surface area (Å²) in [5.41, 5.74) is 0. The zero-order valence-corrected chi connectivity index (χ0v) is 57.5. The van der Waals surface area contributed by atoms with E-state index >= 15 is 0 Å². The number of alkyl halides is 1. The molecule has 0 aliphatic heterocycles. The van der Waals surface area contributed by atoms with Gasteiger partial charge >= 0.3 is 0 Å². The van der Waals surface area contributed by atoms with Crippen LogP contribution in [0.2, 0.25) is 0 Å². The number of ether oxygens (including phenoxy) is 1. The molecule has 4 N–H and O–H groups in total. The van der Waals surface area contributed by atoms with Gasteiger partial charge in [0.2, 0.25) is 9.05 Å². The van der Waals surface area contributed by atoms with Crippen LogP contribution in [0.25, 0.3) is 0 Å². The number of aliphatic hydroxyl groups excluding tert-OH is 4. The molecule has 0 bridgehead atoms. The molecule has 10 nitrogen and oxygen atoms in total. The van der Waals surface area contributed by atoms with E-state index in [1.807, 2.05) is 0 Å². The lowest BCUT2D eigenvalue weighted by Crippen LogP contribution is -2.03. The second kappa shape index (κ2) is 77.4. The van der Waals surface area contributed by atoms with E-state index in [0.717, 1.165) is 73.8 Å². The van der Waals surface area contributed by atoms with E-state index in [4.69, 9.17) is 29.3 Å². The standard InChI is InChI=1S/C20H42O2.C18H38O3S.C17H36O.C5H11Br.C3H8O2.CH3ClO2S/c1-20(2)16-13-11-9-7-5-3-4-6-8-10-12-14-18-22-19-15-17-21;1-18(2)16-14-12-10-8-6-4-5-7-9-11-13-15-17-21-22(3,19)20;1-17(2)15-13-11-9-7-5-3-4-6-8-10-12-14-16-18;1-5(2)3-4-6;4-2-1-3-5;1-5(2,3)4/h20-21H,3-19H2,1-2H3;18H,4-17H2,1-3H3;17-18H,3-16H2,1-2H3;5H,3-4H2,1-2H3;4-5H,1-3H2;1H3. The first kappa shape index (κ1) is 89.6. The molecule has 0 saturated carbocycles. The van der Waals surface area contributed by atoms with Crippen LogP contribution in [-0.2, 0) is 28.1 Å². The minimum atomic E-state index is -3.24. The first-order valence-electron chi connectivity index (χ1n) is 32.5. The van der Waals surface area contributed by atoms with Crippen molar-refractivity contribution in [1.29, 1.82) is 0 Å². The molecule has 0 radical (unpaired) electrons. The van der Waals surface area contributed by atoms with Crippen LogP contribution in [0.15, 0.2) is 0 Å². The fourth-order valence-electron chi connectivity index (χ4n) is 8.15. The van der Waals surface area contributed by atoms with Gasteiger partial charge in [0.15, 0.2) is 0 Å². The van der Waals surface area contributed by atoms with Crippen molar-refractivity contribution >= 4 is 45.8 Å². The Morgan fingerprint density at radius 1 is 0.321 bits per heavy atom. The first-order valence-corrected chi connectivity index (χ1v) is 38.1. The third-order valence-corrected chi connectivity index (χ3v) is 14.0. The molecule has 480 valence electrons. The Hall–Kier alpha value is 0.430. The molecule has 0 unspecified atom stereocenters. The molecule has 0 saturated heterocycles. The van der Waals surface area contributed by atoms with Crippen molar-refractivity contribution in [2.45, 2.75) is 325 Å². The average Bonchev–Trinajstić information content (AvgIpc) is 3.35. The van der Waals surface area contributed by atoms with Crippen molar-refractivity contribution < 1.29 is 46.2 Å². The van der Waals surface area contributed by atoms with Gasteiger partial charge in [-0.25, -0.2) is 8.42 Å². The molecule has 0 atom stereocenters. The van der Waals surface area contributed by atoms with Crippen molar-refractivity contribution in [2.75, 3.05) is 64.1 Å². The van der Waals surface area contributed by atoms with E-state index in [-0.39, 0.29) is 19.8 Å². The van der Waals surface area contributed by atoms with Crippen LogP contribution in [0, 0.1) is 23.7 Å². The lowest BCUT2D eigenvalue weighted by molar-refractivity contribution is 0.112. The maximum atomic E-state index is 10.8. The van der Waals surface area contributed by atoms with Crippen molar-refractivity contribution in [3.63, 3.8) is 0 Å². The minimum Gasteiger partial charge on any atom is -0.396 e. The number of hydrogen-bond acceptors (Lipinski definition) is 10. The van der Waals surface area contributed by atoms with E-state index in [1.54, 1.807) is 0 Å². The van der Waals surface area contributed by atoms with Gasteiger partial charge in [-0.05, 0) is 62.2 Å². The van der Waals surface area contributed by atoms with Gasteiger partial charge in [0.1, 0.15) is 0 Å². The van der Waals surface area contributed by atoms with Crippen LogP contribution in [0.5, 0.6) is 0 Å². The monoisotopic (exact) mass is 1240 g/mol. The first-order chi connectivity index (χ1) is 37.1. The molecule has 0 aromatic carbocycles. The van der Waals surface area contributed by atoms with E-state index in [1.165, 1.54) is 238 Å². The summed E-state index contributed by atoms with van der Waals surface area (Å²) in [7, 11) is -1.94. The molecule has 78 heavy (non-hydrogen) atoms. The van der Waals surface area contributed by atoms with Crippen LogP contribution in [0.1, 0.15) is 325 Å². The smallest absolute Gasteiger partial charge is 0.264 e. The normalized spacial score (nSPS) is 11.3. The number of hydrogen-bond donors (Lipinski definition) is 4. The molecule has 0 aromatic rings. The summed E-state index contributed by atoms with van der Waals surface area (Å²) in [6.45, 7) is 21.1. The van der Waals surface area contributed by atoms with Crippen molar-refractivity contribution in [1.82, 2.24) is 0 Å². The van der Waals surface area contributed by atoms with Gasteiger partial charge < -0.3 is 25.2 Å². The Labute approximate surface area is 501 Å². The van der Waals surface area contributed by atoms with Gasteiger partial charge in [0.25, 0.3) is 10.1 Å². The maximum Gasteiger partial charge on any atom is 0.264 e. The van der Waals surface area contributed by atoms with Gasteiger partial charge in [0.05, 0.1) is 19.1 Å². The van der Waals surface area contributed by atoms with Gasteiger partial charge in [-0.1, -0.05) is 302 Å². The van der Waals surface area contributed by atoms with Crippen LogP contribution < -0.4 is 0 Å². The highest BCUT2D eigenvalue weighted by Crippen LogP contribution is 2.17. The predicted octanol–water partition coefficient (Wildman–Crippen LogP) is 19.5. The molecule has 0 spiro atoms. The Kier molecular flexibility index (Phi) is 89.0. The van der Waals surface area contributed by atoms with Crippen molar-refractivity contribution in [3.05, 3.63) is 0 Å². The molecule has 0 aliphatic rings. The van der Waals surface area contributed by atoms with Gasteiger partial charge in [-0.3, -0.25) is 4.18 Å². The van der Waals surface area contributed by atoms with E-state index < -0.39 is 19.2 Å². The second-order valence-electron chi connectivity index (χ2n) is 23.6. The summed E-state index contributed by atoms with van der Waals surface area (Å²) in [6.07, 6.45) is 57.4. The van der Waals surface area contributed by atoms with Crippen LogP contribution in [0.3, 0.4) is 0 Å². The summed E-state index contributed by atoms with van der Waals surface area (Å²) in [4.78, 5) is 0. The number of unbranched alkanes of at least 4 members (excludes halogenated alkanes) is 33. The summed E-state index contributed by atoms with van der Waals surface area (Å²) in [5, 5.41) is 34.2. The van der Waals surface area contributed by atoms with Crippen LogP contribution >= 0.6 is 26.6 Å². The van der Waals surface area contributed by atoms with Crippen LogP contribution in [0.4, 0.5) is 0 Å². The van der Waals surface area contributed by atoms with Crippen LogP contribution in [-0.4, -0.2) is 101 Å². The topological polar surface area (TPSA) is 168 Å². The molecule has 0 aliphatic carbocycles. The molecule has 0 heterocycles. The molecule has 0 aromatic heterocycles. The molecule has 0 amide bonds. The fraction of sp³-hybridized carbons (Fsp3) is 1.00. The Balaban J connectivity index is -0.000000218. The Morgan fingerprint density at radius 2 is 0.526 bits per heavy atom. The number of aliphatic hydroxyl groups is 4. The lowest BCUT2D eigenvalue weighted by atomic mass is 10.0. The minimum absolute atomic E-state index is 0.0938. The summed E-state index contributed by atoms with van der Waals surface area (Å²) >= 11 is 3.35. The zero-order chi connectivity index (χ0) is 60.1. The van der Waals surface area contributed by atoms with E-state index in [0.29, 0.717) is 26.2 Å². The Bertz CT molecular complexity index is 1230. The largest absolute Gasteiger partial charge is 0.396 e. The average molecular weight is 1250 g/mol. The highest BCUT2D eigenvalue weighted by molar-refractivity contribution is 9.09. The van der Waals surface area contributed by atoms with Crippen molar-refractivity contribution in [3.8, 4) is 0 Å². The zero-order valence-electron chi connectivity index (χ0n) is 53.5. The molecule has 14 heteroatoms. The number of halogens is 2. The van der Waals surface area contributed by atoms with Crippen molar-refractivity contribution in [2.24, 2.45) is 23.7 Å². The summed E-state index contributed by atoms with van der Waals surface area (Å²) in [5.74, 6) is 3.48. The molecule has 0 fully saturated rings. The third-order valence-electron chi connectivity index (χ3n) is 12.9. The highest BCUT2D eigenvalue weighted by Gasteiger charge is 2.02. The van der Waals surface area contributed by atoms with Gasteiger partial charge in [-0.2, -0.15) is 8.42 Å². The number of rotatable bonds is 52. The third kappa shape index (κ3) is 127. The maximum absolute atomic E-state index is 10.8. The molecular weight excluding hydrogens is 1110 g/mol. The summed E-state index contributed by atoms with van der Waals surface area (Å²) < 4.78 is 50.5. The highest BCUT2D eigenvalue weighted by atomic mass is 79.9. The lowest BCUT2D eigenvalue weighted by Gasteiger charge is -2.05.